The molecule has 2 aliphatic rings. The zero-order valence-corrected chi connectivity index (χ0v) is 10.2. The maximum absolute atomic E-state index is 11.9. The Hall–Kier alpha value is -0.650. The molecule has 98 valence electrons. The van der Waals surface area contributed by atoms with Gasteiger partial charge in [-0.1, -0.05) is 0 Å². The second-order valence-corrected chi connectivity index (χ2v) is 5.04. The third-order valence-corrected chi connectivity index (χ3v) is 4.06. The first-order valence-corrected chi connectivity index (χ1v) is 6.32. The van der Waals surface area contributed by atoms with E-state index in [0.717, 1.165) is 12.8 Å². The second kappa shape index (κ2) is 5.33. The molecule has 5 heteroatoms. The van der Waals surface area contributed by atoms with Crippen LogP contribution in [0.3, 0.4) is 0 Å². The molecule has 2 fully saturated rings. The molecular weight excluding hydrogens is 222 g/mol. The van der Waals surface area contributed by atoms with Gasteiger partial charge in [-0.25, -0.2) is 0 Å². The molecule has 2 rings (SSSR count). The molecule has 2 bridgehead atoms. The quantitative estimate of drug-likeness (QED) is 0.526. The van der Waals surface area contributed by atoms with Crippen LogP contribution in [0.15, 0.2) is 0 Å². The number of fused-ring (bicyclic) bond motifs is 2. The van der Waals surface area contributed by atoms with Crippen molar-refractivity contribution in [1.29, 1.82) is 0 Å². The molecule has 0 amide bonds. The molecule has 0 saturated carbocycles. The van der Waals surface area contributed by atoms with E-state index in [-0.39, 0.29) is 25.2 Å². The van der Waals surface area contributed by atoms with E-state index in [1.165, 1.54) is 0 Å². The SMILES string of the molecule is CN1[C@H]2CC[C@@H]1[C@@H](C(=O)OCCCO)[C@@H](O)C2. The number of nitrogens with zero attached hydrogens (tertiary/aromatic N) is 1. The fraction of sp³-hybridized carbons (Fsp3) is 0.917. The molecule has 2 N–H and O–H groups in total. The van der Waals surface area contributed by atoms with Crippen LogP contribution in [0.4, 0.5) is 0 Å². The van der Waals surface area contributed by atoms with Crippen LogP contribution in [0.1, 0.15) is 25.7 Å². The Bertz CT molecular complexity index is 284. The smallest absolute Gasteiger partial charge is 0.313 e. The fourth-order valence-electron chi connectivity index (χ4n) is 3.09. The third-order valence-electron chi connectivity index (χ3n) is 4.06. The van der Waals surface area contributed by atoms with Crippen molar-refractivity contribution in [2.45, 2.75) is 43.9 Å². The molecule has 0 aliphatic carbocycles. The van der Waals surface area contributed by atoms with E-state index in [1.54, 1.807) is 0 Å². The van der Waals surface area contributed by atoms with Crippen LogP contribution < -0.4 is 0 Å². The van der Waals surface area contributed by atoms with Gasteiger partial charge in [-0.15, -0.1) is 0 Å². The van der Waals surface area contributed by atoms with Gasteiger partial charge in [-0.3, -0.25) is 9.69 Å². The van der Waals surface area contributed by atoms with E-state index in [4.69, 9.17) is 9.84 Å². The van der Waals surface area contributed by atoms with Gasteiger partial charge in [0.25, 0.3) is 0 Å². The van der Waals surface area contributed by atoms with Crippen molar-refractivity contribution in [3.63, 3.8) is 0 Å². The summed E-state index contributed by atoms with van der Waals surface area (Å²) in [4.78, 5) is 14.1. The largest absolute Gasteiger partial charge is 0.465 e. The molecule has 0 unspecified atom stereocenters. The highest BCUT2D eigenvalue weighted by Gasteiger charge is 2.48. The molecule has 0 spiro atoms. The van der Waals surface area contributed by atoms with Gasteiger partial charge in [0.05, 0.1) is 18.6 Å². The summed E-state index contributed by atoms with van der Waals surface area (Å²) in [7, 11) is 2.02. The molecule has 0 aromatic heterocycles. The average molecular weight is 243 g/mol. The second-order valence-electron chi connectivity index (χ2n) is 5.04. The molecule has 2 saturated heterocycles. The topological polar surface area (TPSA) is 70.0 Å². The predicted molar refractivity (Wildman–Crippen MR) is 61.3 cm³/mol. The number of hydrogen-bond donors (Lipinski definition) is 2. The van der Waals surface area contributed by atoms with Crippen molar-refractivity contribution in [2.75, 3.05) is 20.3 Å². The number of esters is 1. The van der Waals surface area contributed by atoms with Crippen molar-refractivity contribution in [3.8, 4) is 0 Å². The Labute approximate surface area is 101 Å². The maximum Gasteiger partial charge on any atom is 0.313 e. The van der Waals surface area contributed by atoms with Crippen LogP contribution in [-0.2, 0) is 9.53 Å². The van der Waals surface area contributed by atoms with E-state index in [9.17, 15) is 9.90 Å². The number of ether oxygens (including phenoxy) is 1. The van der Waals surface area contributed by atoms with Crippen LogP contribution in [0, 0.1) is 5.92 Å². The van der Waals surface area contributed by atoms with Crippen molar-refractivity contribution in [2.24, 2.45) is 5.92 Å². The lowest BCUT2D eigenvalue weighted by Gasteiger charge is -2.39. The first kappa shape index (κ1) is 12.8. The highest BCUT2D eigenvalue weighted by Crippen LogP contribution is 2.38. The average Bonchev–Trinajstić information content (AvgIpc) is 2.54. The van der Waals surface area contributed by atoms with Crippen molar-refractivity contribution in [1.82, 2.24) is 4.90 Å². The van der Waals surface area contributed by atoms with E-state index >= 15 is 0 Å². The summed E-state index contributed by atoms with van der Waals surface area (Å²) < 4.78 is 5.11. The Morgan fingerprint density at radius 2 is 2.24 bits per heavy atom. The molecule has 0 radical (unpaired) electrons. The van der Waals surface area contributed by atoms with Crippen LogP contribution in [0.2, 0.25) is 0 Å². The molecule has 5 nitrogen and oxygen atoms in total. The summed E-state index contributed by atoms with van der Waals surface area (Å²) in [5.41, 5.74) is 0. The molecule has 0 aromatic carbocycles. The number of rotatable bonds is 4. The third kappa shape index (κ3) is 2.46. The summed E-state index contributed by atoms with van der Waals surface area (Å²) in [6, 6.07) is 0.530. The first-order chi connectivity index (χ1) is 8.15. The minimum absolute atomic E-state index is 0.0197. The summed E-state index contributed by atoms with van der Waals surface area (Å²) in [6.45, 7) is 0.254. The standard InChI is InChI=1S/C12H21NO4/c1-13-8-3-4-9(13)11(10(15)7-8)12(16)17-6-2-5-14/h8-11,14-15H,2-7H2,1H3/t8-,9+,10-,11+/m0/s1. The summed E-state index contributed by atoms with van der Waals surface area (Å²) in [5.74, 6) is -0.736. The zero-order chi connectivity index (χ0) is 12.4. The van der Waals surface area contributed by atoms with Crippen molar-refractivity contribution in [3.05, 3.63) is 0 Å². The summed E-state index contributed by atoms with van der Waals surface area (Å²) >= 11 is 0. The first-order valence-electron chi connectivity index (χ1n) is 6.32. The molecule has 2 aliphatic heterocycles. The van der Waals surface area contributed by atoms with Gasteiger partial charge in [-0.2, -0.15) is 0 Å². The van der Waals surface area contributed by atoms with Crippen LogP contribution in [0.5, 0.6) is 0 Å². The number of carbonyl (C=O) groups is 1. The van der Waals surface area contributed by atoms with Crippen LogP contribution in [0.25, 0.3) is 0 Å². The molecule has 4 atom stereocenters. The lowest BCUT2D eigenvalue weighted by atomic mass is 9.88. The Morgan fingerprint density at radius 1 is 1.47 bits per heavy atom. The molecule has 0 aromatic rings. The van der Waals surface area contributed by atoms with Crippen LogP contribution in [-0.4, -0.2) is 59.5 Å². The van der Waals surface area contributed by atoms with Crippen molar-refractivity contribution >= 4 is 5.97 Å². The Balaban J connectivity index is 1.96. The summed E-state index contributed by atoms with van der Waals surface area (Å²) in [6.07, 6.45) is 2.55. The lowest BCUT2D eigenvalue weighted by Crippen LogP contribution is -2.52. The van der Waals surface area contributed by atoms with E-state index in [0.29, 0.717) is 18.9 Å². The monoisotopic (exact) mass is 243 g/mol. The number of carbonyl (C=O) groups excluding carboxylic acids is 1. The normalized spacial score (nSPS) is 37.1. The van der Waals surface area contributed by atoms with Crippen LogP contribution >= 0.6 is 0 Å². The molecule has 2 heterocycles. The Kier molecular flexibility index (Phi) is 4.01. The number of aliphatic hydroxyl groups excluding tert-OH is 2. The van der Waals surface area contributed by atoms with Gasteiger partial charge in [0.15, 0.2) is 0 Å². The van der Waals surface area contributed by atoms with E-state index in [1.807, 2.05) is 7.05 Å². The fourth-order valence-corrected chi connectivity index (χ4v) is 3.09. The van der Waals surface area contributed by atoms with Gasteiger partial charge in [0.1, 0.15) is 0 Å². The van der Waals surface area contributed by atoms with Gasteiger partial charge in [-0.05, 0) is 26.3 Å². The van der Waals surface area contributed by atoms with E-state index in [2.05, 4.69) is 4.90 Å². The minimum Gasteiger partial charge on any atom is -0.465 e. The lowest BCUT2D eigenvalue weighted by molar-refractivity contribution is -0.159. The van der Waals surface area contributed by atoms with E-state index < -0.39 is 12.0 Å². The number of hydrogen-bond acceptors (Lipinski definition) is 5. The van der Waals surface area contributed by atoms with Gasteiger partial charge in [0, 0.05) is 25.1 Å². The highest BCUT2D eigenvalue weighted by molar-refractivity contribution is 5.74. The maximum atomic E-state index is 11.9. The summed E-state index contributed by atoms with van der Waals surface area (Å²) in [5, 5.41) is 18.7. The van der Waals surface area contributed by atoms with Gasteiger partial charge >= 0.3 is 5.97 Å². The number of aliphatic hydroxyl groups is 2. The zero-order valence-electron chi connectivity index (χ0n) is 10.2. The van der Waals surface area contributed by atoms with Gasteiger partial charge < -0.3 is 14.9 Å². The predicted octanol–water partition coefficient (Wildman–Crippen LogP) is -0.244. The minimum atomic E-state index is -0.578. The molecule has 17 heavy (non-hydrogen) atoms. The highest BCUT2D eigenvalue weighted by atomic mass is 16.5. The molecular formula is C12H21NO4. The van der Waals surface area contributed by atoms with Crippen molar-refractivity contribution < 1.29 is 19.7 Å². The Morgan fingerprint density at radius 3 is 2.94 bits per heavy atom. The van der Waals surface area contributed by atoms with Gasteiger partial charge in [0.2, 0.25) is 0 Å². The number of piperidine rings is 1.